The zero-order valence-corrected chi connectivity index (χ0v) is 17.4. The number of hydrogen-bond acceptors (Lipinski definition) is 5. The summed E-state index contributed by atoms with van der Waals surface area (Å²) >= 11 is 3.31. The lowest BCUT2D eigenvalue weighted by atomic mass is 10.3. The van der Waals surface area contributed by atoms with Gasteiger partial charge in [0.25, 0.3) is 0 Å². The average molecular weight is 448 g/mol. The fourth-order valence-electron chi connectivity index (χ4n) is 2.79. The lowest BCUT2D eigenvalue weighted by molar-refractivity contribution is -0.131. The molecular weight excluding hydrogens is 422 g/mol. The number of methoxy groups -OCH3 is 1. The molecule has 26 heavy (non-hydrogen) atoms. The molecule has 1 fully saturated rings. The minimum absolute atomic E-state index is 0.00533. The van der Waals surface area contributed by atoms with E-state index in [-0.39, 0.29) is 23.8 Å². The molecule has 0 spiro atoms. The predicted octanol–water partition coefficient (Wildman–Crippen LogP) is 1.30. The summed E-state index contributed by atoms with van der Waals surface area (Å²) < 4.78 is 33.2. The van der Waals surface area contributed by atoms with E-state index in [0.29, 0.717) is 32.7 Å². The van der Waals surface area contributed by atoms with Crippen LogP contribution in [-0.4, -0.2) is 76.5 Å². The summed E-state index contributed by atoms with van der Waals surface area (Å²) in [6.07, 6.45) is 0.761. The Morgan fingerprint density at radius 3 is 2.50 bits per heavy atom. The quantitative estimate of drug-likeness (QED) is 0.577. The number of benzene rings is 1. The molecule has 1 heterocycles. The van der Waals surface area contributed by atoms with E-state index in [9.17, 15) is 13.2 Å². The molecule has 0 radical (unpaired) electrons. The number of carbonyl (C=O) groups excluding carboxylic acids is 1. The summed E-state index contributed by atoms with van der Waals surface area (Å²) in [5.41, 5.74) is 0. The fourth-order valence-corrected chi connectivity index (χ4v) is 4.53. The number of carbonyl (C=O) groups is 1. The van der Waals surface area contributed by atoms with E-state index in [2.05, 4.69) is 21.2 Å². The van der Waals surface area contributed by atoms with Crippen molar-refractivity contribution in [2.75, 3.05) is 53.0 Å². The number of rotatable bonds is 9. The lowest BCUT2D eigenvalue weighted by Crippen LogP contribution is -2.47. The summed E-state index contributed by atoms with van der Waals surface area (Å²) in [5, 5.41) is 3.20. The van der Waals surface area contributed by atoms with Crippen molar-refractivity contribution in [3.63, 3.8) is 0 Å². The monoisotopic (exact) mass is 447 g/mol. The van der Waals surface area contributed by atoms with Crippen molar-refractivity contribution in [1.82, 2.24) is 14.5 Å². The zero-order valence-electron chi connectivity index (χ0n) is 15.0. The number of ether oxygens (including phenoxy) is 1. The molecule has 0 atom stereocenters. The molecule has 146 valence electrons. The molecule has 1 aliphatic rings. The maximum Gasteiger partial charge on any atom is 0.243 e. The van der Waals surface area contributed by atoms with E-state index in [1.165, 1.54) is 4.31 Å². The summed E-state index contributed by atoms with van der Waals surface area (Å²) in [7, 11) is -2.07. The molecule has 1 aliphatic heterocycles. The largest absolute Gasteiger partial charge is 0.385 e. The molecule has 1 aromatic carbocycles. The van der Waals surface area contributed by atoms with Crippen LogP contribution < -0.4 is 5.32 Å². The highest BCUT2D eigenvalue weighted by atomic mass is 79.9. The summed E-state index contributed by atoms with van der Waals surface area (Å²) in [6, 6.07) is 6.54. The standard InChI is InChI=1S/C17H26BrN3O4S/c1-25-14-2-10-21(11-7-17(22)20-12-8-19-9-13-20)26(23,24)16-5-3-15(18)4-6-16/h3-6,19H,2,7-14H2,1H3. The van der Waals surface area contributed by atoms with E-state index in [4.69, 9.17) is 4.74 Å². The van der Waals surface area contributed by atoms with Crippen molar-refractivity contribution in [2.45, 2.75) is 17.7 Å². The molecule has 2 rings (SSSR count). The Balaban J connectivity index is 2.06. The van der Waals surface area contributed by atoms with Gasteiger partial charge in [0.15, 0.2) is 0 Å². The second-order valence-electron chi connectivity index (χ2n) is 6.09. The van der Waals surface area contributed by atoms with E-state index in [1.54, 1.807) is 36.3 Å². The SMILES string of the molecule is COCCCN(CCC(=O)N1CCNCC1)S(=O)(=O)c1ccc(Br)cc1. The van der Waals surface area contributed by atoms with Crippen molar-refractivity contribution in [3.05, 3.63) is 28.7 Å². The molecule has 0 aromatic heterocycles. The Labute approximate surface area is 163 Å². The number of amides is 1. The van der Waals surface area contributed by atoms with Gasteiger partial charge in [-0.15, -0.1) is 0 Å². The van der Waals surface area contributed by atoms with Crippen molar-refractivity contribution >= 4 is 31.9 Å². The van der Waals surface area contributed by atoms with Crippen LogP contribution in [0.25, 0.3) is 0 Å². The maximum atomic E-state index is 13.0. The van der Waals surface area contributed by atoms with Crippen LogP contribution in [-0.2, 0) is 19.6 Å². The number of nitrogens with one attached hydrogen (secondary N) is 1. The first-order chi connectivity index (χ1) is 12.4. The van der Waals surface area contributed by atoms with Gasteiger partial charge in [-0.1, -0.05) is 15.9 Å². The number of hydrogen-bond donors (Lipinski definition) is 1. The van der Waals surface area contributed by atoms with Gasteiger partial charge in [-0.05, 0) is 30.7 Å². The van der Waals surface area contributed by atoms with E-state index >= 15 is 0 Å². The van der Waals surface area contributed by atoms with Crippen LogP contribution in [0, 0.1) is 0 Å². The second kappa shape index (κ2) is 10.4. The molecule has 7 nitrogen and oxygen atoms in total. The van der Waals surface area contributed by atoms with Gasteiger partial charge in [-0.3, -0.25) is 4.79 Å². The van der Waals surface area contributed by atoms with Gasteiger partial charge >= 0.3 is 0 Å². The highest BCUT2D eigenvalue weighted by Gasteiger charge is 2.26. The number of sulfonamides is 1. The summed E-state index contributed by atoms with van der Waals surface area (Å²) in [4.78, 5) is 14.4. The van der Waals surface area contributed by atoms with Crippen LogP contribution in [0.3, 0.4) is 0 Å². The van der Waals surface area contributed by atoms with Gasteiger partial charge < -0.3 is 15.0 Å². The van der Waals surface area contributed by atoms with Crippen molar-refractivity contribution in [2.24, 2.45) is 0 Å². The molecular formula is C17H26BrN3O4S. The molecule has 1 amide bonds. The first kappa shape index (κ1) is 21.3. The van der Waals surface area contributed by atoms with Gasteiger partial charge in [0.05, 0.1) is 4.90 Å². The minimum atomic E-state index is -3.65. The molecule has 1 saturated heterocycles. The Hall–Kier alpha value is -1.00. The molecule has 1 aromatic rings. The van der Waals surface area contributed by atoms with Crippen LogP contribution in [0.4, 0.5) is 0 Å². The maximum absolute atomic E-state index is 13.0. The van der Waals surface area contributed by atoms with Gasteiger partial charge in [-0.25, -0.2) is 8.42 Å². The van der Waals surface area contributed by atoms with Crippen LogP contribution in [0.5, 0.6) is 0 Å². The van der Waals surface area contributed by atoms with Crippen LogP contribution >= 0.6 is 15.9 Å². The average Bonchev–Trinajstić information content (AvgIpc) is 2.65. The predicted molar refractivity (Wildman–Crippen MR) is 103 cm³/mol. The van der Waals surface area contributed by atoms with E-state index in [1.807, 2.05) is 0 Å². The fraction of sp³-hybridized carbons (Fsp3) is 0.588. The Morgan fingerprint density at radius 1 is 1.23 bits per heavy atom. The Morgan fingerprint density at radius 2 is 1.88 bits per heavy atom. The smallest absolute Gasteiger partial charge is 0.243 e. The van der Waals surface area contributed by atoms with Crippen LogP contribution in [0.2, 0.25) is 0 Å². The lowest BCUT2D eigenvalue weighted by Gasteiger charge is -2.29. The second-order valence-corrected chi connectivity index (χ2v) is 8.94. The third-order valence-corrected chi connectivity index (χ3v) is 6.69. The first-order valence-electron chi connectivity index (χ1n) is 8.68. The molecule has 9 heteroatoms. The molecule has 0 unspecified atom stereocenters. The van der Waals surface area contributed by atoms with Gasteiger partial charge in [0.2, 0.25) is 15.9 Å². The molecule has 0 saturated carbocycles. The molecule has 0 bridgehead atoms. The van der Waals surface area contributed by atoms with E-state index in [0.717, 1.165) is 17.6 Å². The number of piperazine rings is 1. The van der Waals surface area contributed by atoms with Crippen molar-refractivity contribution in [1.29, 1.82) is 0 Å². The highest BCUT2D eigenvalue weighted by molar-refractivity contribution is 9.10. The topological polar surface area (TPSA) is 79.0 Å². The zero-order chi connectivity index (χ0) is 19.0. The third-order valence-electron chi connectivity index (χ3n) is 4.25. The van der Waals surface area contributed by atoms with Gasteiger partial charge in [-0.2, -0.15) is 4.31 Å². The van der Waals surface area contributed by atoms with Crippen LogP contribution in [0.1, 0.15) is 12.8 Å². The Bertz CT molecular complexity index is 676. The number of nitrogens with zero attached hydrogens (tertiary/aromatic N) is 2. The van der Waals surface area contributed by atoms with Crippen molar-refractivity contribution < 1.29 is 17.9 Å². The minimum Gasteiger partial charge on any atom is -0.385 e. The van der Waals surface area contributed by atoms with E-state index < -0.39 is 10.0 Å². The third kappa shape index (κ3) is 6.02. The normalized spacial score (nSPS) is 15.4. The molecule has 1 N–H and O–H groups in total. The summed E-state index contributed by atoms with van der Waals surface area (Å²) in [5.74, 6) is -0.00533. The Kier molecular flexibility index (Phi) is 8.49. The van der Waals surface area contributed by atoms with Crippen LogP contribution in [0.15, 0.2) is 33.6 Å². The van der Waals surface area contributed by atoms with Gasteiger partial charge in [0.1, 0.15) is 0 Å². The first-order valence-corrected chi connectivity index (χ1v) is 10.9. The number of halogens is 1. The summed E-state index contributed by atoms with van der Waals surface area (Å²) in [6.45, 7) is 3.86. The van der Waals surface area contributed by atoms with Gasteiger partial charge in [0, 0.05) is 63.9 Å². The van der Waals surface area contributed by atoms with Crippen molar-refractivity contribution in [3.8, 4) is 0 Å². The molecule has 0 aliphatic carbocycles. The highest BCUT2D eigenvalue weighted by Crippen LogP contribution is 2.19.